The van der Waals surface area contributed by atoms with Gasteiger partial charge in [-0.05, 0) is 30.5 Å². The van der Waals surface area contributed by atoms with Crippen molar-refractivity contribution < 1.29 is 22.7 Å². The molecule has 1 aliphatic carbocycles. The number of carbonyl (C=O) groups excluding carboxylic acids is 1. The predicted molar refractivity (Wildman–Crippen MR) is 106 cm³/mol. The number of guanidine groups is 1. The second-order valence-electron chi connectivity index (χ2n) is 7.49. The number of carbonyl (C=O) groups is 1. The fraction of sp³-hybridized carbons (Fsp3) is 0.600. The maximum atomic E-state index is 13.4. The number of halogens is 3. The lowest BCUT2D eigenvalue weighted by Gasteiger charge is -2.31. The van der Waals surface area contributed by atoms with Crippen LogP contribution in [0.25, 0.3) is 0 Å². The summed E-state index contributed by atoms with van der Waals surface area (Å²) in [6.45, 7) is 0.325. The normalized spacial score (nSPS) is 16.4. The topological polar surface area (TPSA) is 66.0 Å². The minimum atomic E-state index is -4.49. The molecule has 6 nitrogen and oxygen atoms in total. The molecule has 0 aliphatic heterocycles. The van der Waals surface area contributed by atoms with Gasteiger partial charge in [0.05, 0.1) is 18.1 Å². The van der Waals surface area contributed by atoms with Crippen LogP contribution < -0.4 is 15.4 Å². The van der Waals surface area contributed by atoms with E-state index in [4.69, 9.17) is 4.74 Å². The van der Waals surface area contributed by atoms with Gasteiger partial charge in [-0.3, -0.25) is 9.79 Å². The summed E-state index contributed by atoms with van der Waals surface area (Å²) in [6, 6.07) is 3.86. The number of ether oxygens (including phenoxy) is 1. The molecule has 1 fully saturated rings. The van der Waals surface area contributed by atoms with E-state index in [1.54, 1.807) is 26.0 Å². The van der Waals surface area contributed by atoms with Gasteiger partial charge in [0.15, 0.2) is 5.96 Å². The monoisotopic (exact) mass is 414 g/mol. The number of alkyl halides is 3. The Morgan fingerprint density at radius 1 is 1.24 bits per heavy atom. The molecule has 1 aromatic carbocycles. The predicted octanol–water partition coefficient (Wildman–Crippen LogP) is 3.03. The summed E-state index contributed by atoms with van der Waals surface area (Å²) < 4.78 is 45.0. The van der Waals surface area contributed by atoms with Crippen LogP contribution in [0.2, 0.25) is 0 Å². The molecule has 0 atom stereocenters. The van der Waals surface area contributed by atoms with Crippen LogP contribution in [0, 0.1) is 5.41 Å². The fourth-order valence-electron chi connectivity index (χ4n) is 3.75. The lowest BCUT2D eigenvalue weighted by Crippen LogP contribution is -2.49. The van der Waals surface area contributed by atoms with Crippen molar-refractivity contribution in [3.05, 3.63) is 29.3 Å². The minimum Gasteiger partial charge on any atom is -0.497 e. The third-order valence-corrected chi connectivity index (χ3v) is 5.31. The number of hydrogen-bond donors (Lipinski definition) is 2. The van der Waals surface area contributed by atoms with E-state index >= 15 is 0 Å². The van der Waals surface area contributed by atoms with E-state index in [2.05, 4.69) is 15.6 Å². The van der Waals surface area contributed by atoms with Gasteiger partial charge in [0, 0.05) is 34.2 Å². The van der Waals surface area contributed by atoms with Crippen molar-refractivity contribution in [2.75, 3.05) is 34.8 Å². The number of benzene rings is 1. The van der Waals surface area contributed by atoms with Gasteiger partial charge in [0.25, 0.3) is 0 Å². The first-order chi connectivity index (χ1) is 13.6. The molecule has 1 aliphatic rings. The molecule has 29 heavy (non-hydrogen) atoms. The Morgan fingerprint density at radius 2 is 1.90 bits per heavy atom. The van der Waals surface area contributed by atoms with Gasteiger partial charge >= 0.3 is 6.18 Å². The van der Waals surface area contributed by atoms with E-state index in [1.165, 1.54) is 19.2 Å². The molecule has 0 spiro atoms. The van der Waals surface area contributed by atoms with Crippen LogP contribution in [-0.2, 0) is 17.5 Å². The number of methoxy groups -OCH3 is 1. The molecule has 0 heterocycles. The van der Waals surface area contributed by atoms with E-state index in [0.717, 1.165) is 31.7 Å². The van der Waals surface area contributed by atoms with E-state index < -0.39 is 17.2 Å². The van der Waals surface area contributed by atoms with Crippen LogP contribution in [0.4, 0.5) is 13.2 Å². The zero-order valence-electron chi connectivity index (χ0n) is 17.3. The summed E-state index contributed by atoms with van der Waals surface area (Å²) in [5.41, 5.74) is -1.17. The van der Waals surface area contributed by atoms with Gasteiger partial charge in [-0.1, -0.05) is 18.9 Å². The number of hydrogen-bond acceptors (Lipinski definition) is 3. The molecule has 1 aromatic rings. The summed E-state index contributed by atoms with van der Waals surface area (Å²) >= 11 is 0. The summed E-state index contributed by atoms with van der Waals surface area (Å²) in [5, 5.41) is 6.04. The molecule has 0 radical (unpaired) electrons. The largest absolute Gasteiger partial charge is 0.497 e. The first kappa shape index (κ1) is 22.8. The van der Waals surface area contributed by atoms with Crippen molar-refractivity contribution in [2.45, 2.75) is 38.4 Å². The first-order valence-electron chi connectivity index (χ1n) is 9.53. The molecule has 1 saturated carbocycles. The summed E-state index contributed by atoms with van der Waals surface area (Å²) in [6.07, 6.45) is -0.966. The number of amides is 1. The second-order valence-corrected chi connectivity index (χ2v) is 7.49. The van der Waals surface area contributed by atoms with Crippen molar-refractivity contribution in [3.63, 3.8) is 0 Å². The molecule has 0 saturated heterocycles. The highest BCUT2D eigenvalue weighted by atomic mass is 19.4. The van der Waals surface area contributed by atoms with Crippen molar-refractivity contribution in [1.29, 1.82) is 0 Å². The average Bonchev–Trinajstić information content (AvgIpc) is 3.16. The SMILES string of the molecule is CN=C(NCc1ccc(OC)cc1C(F)(F)F)NCC1(C(=O)N(C)C)CCCC1. The fourth-order valence-corrected chi connectivity index (χ4v) is 3.75. The second kappa shape index (κ2) is 9.37. The van der Waals surface area contributed by atoms with E-state index in [1.807, 2.05) is 0 Å². The van der Waals surface area contributed by atoms with Gasteiger partial charge in [0.2, 0.25) is 5.91 Å². The van der Waals surface area contributed by atoms with Crippen LogP contribution in [0.3, 0.4) is 0 Å². The van der Waals surface area contributed by atoms with Crippen molar-refractivity contribution in [1.82, 2.24) is 15.5 Å². The molecule has 162 valence electrons. The molecular weight excluding hydrogens is 385 g/mol. The number of nitrogens with zero attached hydrogens (tertiary/aromatic N) is 2. The zero-order chi connectivity index (χ0) is 21.7. The summed E-state index contributed by atoms with van der Waals surface area (Å²) in [5.74, 6) is 0.563. The Kier molecular flexibility index (Phi) is 7.37. The third kappa shape index (κ3) is 5.55. The van der Waals surface area contributed by atoms with Gasteiger partial charge in [-0.15, -0.1) is 0 Å². The molecule has 0 aromatic heterocycles. The highest BCUT2D eigenvalue weighted by Crippen LogP contribution is 2.39. The Balaban J connectivity index is 2.07. The van der Waals surface area contributed by atoms with Crippen LogP contribution in [0.1, 0.15) is 36.8 Å². The minimum absolute atomic E-state index is 0.0624. The van der Waals surface area contributed by atoms with Gasteiger partial charge < -0.3 is 20.3 Å². The van der Waals surface area contributed by atoms with Crippen molar-refractivity contribution in [3.8, 4) is 5.75 Å². The maximum Gasteiger partial charge on any atom is 0.416 e. The van der Waals surface area contributed by atoms with Crippen molar-refractivity contribution in [2.24, 2.45) is 10.4 Å². The Morgan fingerprint density at radius 3 is 2.41 bits per heavy atom. The quantitative estimate of drug-likeness (QED) is 0.555. The molecule has 1 amide bonds. The molecule has 0 unspecified atom stereocenters. The van der Waals surface area contributed by atoms with E-state index in [0.29, 0.717) is 12.5 Å². The molecule has 2 rings (SSSR count). The standard InChI is InChI=1S/C20H29F3N4O2/c1-24-18(26-13-19(9-5-6-10-19)17(28)27(2)3)25-12-14-7-8-15(29-4)11-16(14)20(21,22)23/h7-8,11H,5-6,9-10,12-13H2,1-4H3,(H2,24,25,26). The summed E-state index contributed by atoms with van der Waals surface area (Å²) in [7, 11) is 6.34. The number of nitrogens with one attached hydrogen (secondary N) is 2. The molecule has 2 N–H and O–H groups in total. The number of aliphatic imine (C=N–C) groups is 1. The van der Waals surface area contributed by atoms with Crippen molar-refractivity contribution >= 4 is 11.9 Å². The van der Waals surface area contributed by atoms with Gasteiger partial charge in [0.1, 0.15) is 5.75 Å². The summed E-state index contributed by atoms with van der Waals surface area (Å²) in [4.78, 5) is 18.3. The van der Waals surface area contributed by atoms with Crippen LogP contribution in [0.15, 0.2) is 23.2 Å². The lowest BCUT2D eigenvalue weighted by molar-refractivity contribution is -0.139. The maximum absolute atomic E-state index is 13.4. The van der Waals surface area contributed by atoms with Gasteiger partial charge in [-0.2, -0.15) is 13.2 Å². The van der Waals surface area contributed by atoms with Crippen LogP contribution in [0.5, 0.6) is 5.75 Å². The molecule has 0 bridgehead atoms. The Bertz CT molecular complexity index is 742. The zero-order valence-corrected chi connectivity index (χ0v) is 17.3. The first-order valence-corrected chi connectivity index (χ1v) is 9.53. The highest BCUT2D eigenvalue weighted by Gasteiger charge is 2.42. The van der Waals surface area contributed by atoms with E-state index in [-0.39, 0.29) is 23.8 Å². The molecule has 9 heteroatoms. The number of rotatable bonds is 6. The Labute approximate surface area is 169 Å². The van der Waals surface area contributed by atoms with Gasteiger partial charge in [-0.25, -0.2) is 0 Å². The van der Waals surface area contributed by atoms with E-state index in [9.17, 15) is 18.0 Å². The average molecular weight is 414 g/mol. The lowest BCUT2D eigenvalue weighted by atomic mass is 9.84. The molecular formula is C20H29F3N4O2. The van der Waals surface area contributed by atoms with Crippen LogP contribution in [-0.4, -0.2) is 51.6 Å². The Hall–Kier alpha value is -2.45. The van der Waals surface area contributed by atoms with Crippen LogP contribution >= 0.6 is 0 Å². The highest BCUT2D eigenvalue weighted by molar-refractivity contribution is 5.85. The smallest absolute Gasteiger partial charge is 0.416 e. The third-order valence-electron chi connectivity index (χ3n) is 5.31.